The van der Waals surface area contributed by atoms with Gasteiger partial charge in [0.25, 0.3) is 5.91 Å². The van der Waals surface area contributed by atoms with Gasteiger partial charge in [-0.15, -0.1) is 11.8 Å². The summed E-state index contributed by atoms with van der Waals surface area (Å²) in [4.78, 5) is 25.6. The van der Waals surface area contributed by atoms with E-state index >= 15 is 0 Å². The number of carbonyl (C=O) groups excluding carboxylic acids is 1. The first-order valence-corrected chi connectivity index (χ1v) is 12.1. The summed E-state index contributed by atoms with van der Waals surface area (Å²) in [6.07, 6.45) is 4.45. The average molecular weight is 448 g/mol. The van der Waals surface area contributed by atoms with Gasteiger partial charge >= 0.3 is 0 Å². The van der Waals surface area contributed by atoms with Crippen LogP contribution in [-0.4, -0.2) is 21.1 Å². The van der Waals surface area contributed by atoms with E-state index in [-0.39, 0.29) is 5.91 Å². The summed E-state index contributed by atoms with van der Waals surface area (Å²) in [5.74, 6) is -0.0537. The van der Waals surface area contributed by atoms with Crippen LogP contribution in [0.25, 0.3) is 10.2 Å². The van der Waals surface area contributed by atoms with E-state index in [1.165, 1.54) is 5.56 Å². The zero-order chi connectivity index (χ0) is 21.8. The van der Waals surface area contributed by atoms with Crippen molar-refractivity contribution in [3.63, 3.8) is 0 Å². The molecule has 1 amide bonds. The van der Waals surface area contributed by atoms with Gasteiger partial charge in [-0.3, -0.25) is 14.7 Å². The highest BCUT2D eigenvalue weighted by atomic mass is 32.2. The second-order valence-electron chi connectivity index (χ2n) is 7.56. The number of hydrogen-bond donors (Lipinski definition) is 0. The van der Waals surface area contributed by atoms with Gasteiger partial charge < -0.3 is 0 Å². The summed E-state index contributed by atoms with van der Waals surface area (Å²) in [6.45, 7) is 6.88. The Morgan fingerprint density at radius 2 is 1.90 bits per heavy atom. The van der Waals surface area contributed by atoms with Crippen molar-refractivity contribution in [3.05, 3.63) is 83.7 Å². The van der Waals surface area contributed by atoms with E-state index in [4.69, 9.17) is 4.98 Å². The minimum atomic E-state index is -0.0537. The Bertz CT molecular complexity index is 1170. The van der Waals surface area contributed by atoms with Crippen molar-refractivity contribution in [3.8, 4) is 0 Å². The van der Waals surface area contributed by atoms with E-state index in [0.29, 0.717) is 22.5 Å². The number of anilines is 1. The molecule has 4 nitrogen and oxygen atoms in total. The van der Waals surface area contributed by atoms with Gasteiger partial charge in [0, 0.05) is 28.1 Å². The van der Waals surface area contributed by atoms with Gasteiger partial charge in [-0.1, -0.05) is 50.3 Å². The summed E-state index contributed by atoms with van der Waals surface area (Å²) in [6, 6.07) is 18.0. The predicted molar refractivity (Wildman–Crippen MR) is 131 cm³/mol. The third-order valence-corrected chi connectivity index (χ3v) is 6.94. The van der Waals surface area contributed by atoms with Crippen molar-refractivity contribution in [1.82, 2.24) is 9.97 Å². The van der Waals surface area contributed by atoms with Crippen LogP contribution in [0.2, 0.25) is 0 Å². The lowest BCUT2D eigenvalue weighted by atomic mass is 10.1. The van der Waals surface area contributed by atoms with Gasteiger partial charge in [0.2, 0.25) is 0 Å². The number of pyridine rings is 1. The number of amides is 1. The van der Waals surface area contributed by atoms with Crippen molar-refractivity contribution >= 4 is 44.4 Å². The number of rotatable bonds is 7. The molecule has 158 valence electrons. The first-order valence-electron chi connectivity index (χ1n) is 10.4. The van der Waals surface area contributed by atoms with Crippen LogP contribution in [0.15, 0.2) is 71.9 Å². The maximum Gasteiger partial charge on any atom is 0.260 e. The molecule has 4 aromatic rings. The Hall–Kier alpha value is -2.70. The molecule has 6 heteroatoms. The molecule has 0 fully saturated rings. The Morgan fingerprint density at radius 1 is 1.10 bits per heavy atom. The molecule has 0 atom stereocenters. The standard InChI is InChI=1S/C25H25N3OS2/c1-4-19-8-5-9-22-23(19)27-25(31-22)28(16-18-7-6-14-26-15-18)24(29)20-10-12-21(13-11-20)30-17(2)3/h5-15,17H,4,16H2,1-3H3. The zero-order valence-corrected chi connectivity index (χ0v) is 19.5. The predicted octanol–water partition coefficient (Wildman–Crippen LogP) is 6.60. The van der Waals surface area contributed by atoms with Crippen LogP contribution < -0.4 is 4.90 Å². The number of hydrogen-bond acceptors (Lipinski definition) is 5. The van der Waals surface area contributed by atoms with Crippen LogP contribution in [0, 0.1) is 0 Å². The first-order chi connectivity index (χ1) is 15.0. The SMILES string of the molecule is CCc1cccc2sc(N(Cc3cccnc3)C(=O)c3ccc(SC(C)C)cc3)nc12. The van der Waals surface area contributed by atoms with Crippen LogP contribution in [0.3, 0.4) is 0 Å². The lowest BCUT2D eigenvalue weighted by Gasteiger charge is -2.20. The maximum atomic E-state index is 13.6. The van der Waals surface area contributed by atoms with E-state index in [1.807, 2.05) is 36.4 Å². The zero-order valence-electron chi connectivity index (χ0n) is 17.9. The molecule has 0 aliphatic heterocycles. The van der Waals surface area contributed by atoms with Crippen LogP contribution in [0.5, 0.6) is 0 Å². The number of thiazole rings is 1. The molecule has 0 saturated heterocycles. The molecule has 4 rings (SSSR count). The molecule has 0 aliphatic carbocycles. The Labute approximate surface area is 191 Å². The summed E-state index contributed by atoms with van der Waals surface area (Å²) in [7, 11) is 0. The second kappa shape index (κ2) is 9.62. The summed E-state index contributed by atoms with van der Waals surface area (Å²) in [5, 5.41) is 1.21. The fourth-order valence-electron chi connectivity index (χ4n) is 3.40. The van der Waals surface area contributed by atoms with Crippen LogP contribution >= 0.6 is 23.1 Å². The van der Waals surface area contributed by atoms with E-state index < -0.39 is 0 Å². The highest BCUT2D eigenvalue weighted by Gasteiger charge is 2.22. The number of thioether (sulfide) groups is 1. The average Bonchev–Trinajstić information content (AvgIpc) is 3.22. The number of aromatic nitrogens is 2. The molecule has 0 radical (unpaired) electrons. The fraction of sp³-hybridized carbons (Fsp3) is 0.240. The van der Waals surface area contributed by atoms with Gasteiger partial charge in [-0.25, -0.2) is 4.98 Å². The quantitative estimate of drug-likeness (QED) is 0.299. The van der Waals surface area contributed by atoms with Crippen LogP contribution in [-0.2, 0) is 13.0 Å². The minimum Gasteiger partial charge on any atom is -0.279 e. The summed E-state index contributed by atoms with van der Waals surface area (Å²) >= 11 is 3.35. The van der Waals surface area contributed by atoms with Gasteiger partial charge in [0.1, 0.15) is 0 Å². The second-order valence-corrected chi connectivity index (χ2v) is 10.2. The van der Waals surface area contributed by atoms with Crippen LogP contribution in [0.4, 0.5) is 5.13 Å². The Kier molecular flexibility index (Phi) is 6.68. The van der Waals surface area contributed by atoms with Gasteiger partial charge in [-0.05, 0) is 53.9 Å². The highest BCUT2D eigenvalue weighted by molar-refractivity contribution is 7.99. The Morgan fingerprint density at radius 3 is 2.58 bits per heavy atom. The van der Waals surface area contributed by atoms with Crippen molar-refractivity contribution in [1.29, 1.82) is 0 Å². The molecule has 0 spiro atoms. The molecule has 0 aliphatic rings. The van der Waals surface area contributed by atoms with Gasteiger partial charge in [0.15, 0.2) is 5.13 Å². The van der Waals surface area contributed by atoms with Gasteiger partial charge in [-0.2, -0.15) is 0 Å². The number of fused-ring (bicyclic) bond motifs is 1. The number of para-hydroxylation sites is 1. The first kappa shape index (κ1) is 21.5. The smallest absolute Gasteiger partial charge is 0.260 e. The lowest BCUT2D eigenvalue weighted by molar-refractivity contribution is 0.0985. The number of aryl methyl sites for hydroxylation is 1. The monoisotopic (exact) mass is 447 g/mol. The molecule has 0 N–H and O–H groups in total. The van der Waals surface area contributed by atoms with Gasteiger partial charge in [0.05, 0.1) is 16.8 Å². The molecule has 2 heterocycles. The van der Waals surface area contributed by atoms with E-state index in [2.05, 4.69) is 44.0 Å². The molecular formula is C25H25N3OS2. The van der Waals surface area contributed by atoms with E-state index in [9.17, 15) is 4.79 Å². The summed E-state index contributed by atoms with van der Waals surface area (Å²) < 4.78 is 1.10. The van der Waals surface area contributed by atoms with Crippen LogP contribution in [0.1, 0.15) is 42.3 Å². The normalized spacial score (nSPS) is 11.2. The van der Waals surface area contributed by atoms with E-state index in [1.54, 1.807) is 40.4 Å². The molecule has 31 heavy (non-hydrogen) atoms. The van der Waals surface area contributed by atoms with Crippen molar-refractivity contribution in [2.24, 2.45) is 0 Å². The Balaban J connectivity index is 1.71. The molecule has 0 saturated carbocycles. The lowest BCUT2D eigenvalue weighted by Crippen LogP contribution is -2.30. The third-order valence-electron chi connectivity index (χ3n) is 4.88. The number of carbonyl (C=O) groups is 1. The van der Waals surface area contributed by atoms with E-state index in [0.717, 1.165) is 27.1 Å². The fourth-order valence-corrected chi connectivity index (χ4v) is 5.25. The van der Waals surface area contributed by atoms with Crippen molar-refractivity contribution < 1.29 is 4.79 Å². The van der Waals surface area contributed by atoms with Crippen molar-refractivity contribution in [2.75, 3.05) is 4.90 Å². The maximum absolute atomic E-state index is 13.6. The molecular weight excluding hydrogens is 422 g/mol. The van der Waals surface area contributed by atoms with Crippen molar-refractivity contribution in [2.45, 2.75) is 43.9 Å². The topological polar surface area (TPSA) is 46.1 Å². The molecule has 0 bridgehead atoms. The highest BCUT2D eigenvalue weighted by Crippen LogP contribution is 2.33. The molecule has 0 unspecified atom stereocenters. The number of nitrogens with zero attached hydrogens (tertiary/aromatic N) is 3. The largest absolute Gasteiger partial charge is 0.279 e. The molecule has 2 aromatic carbocycles. The number of benzene rings is 2. The minimum absolute atomic E-state index is 0.0537. The third kappa shape index (κ3) is 4.97. The summed E-state index contributed by atoms with van der Waals surface area (Å²) in [5.41, 5.74) is 3.81. The molecule has 2 aromatic heterocycles.